The van der Waals surface area contributed by atoms with Crippen LogP contribution in [0.2, 0.25) is 0 Å². The van der Waals surface area contributed by atoms with E-state index in [2.05, 4.69) is 6.92 Å². The van der Waals surface area contributed by atoms with E-state index in [4.69, 9.17) is 0 Å². The summed E-state index contributed by atoms with van der Waals surface area (Å²) in [4.78, 5) is 0. The van der Waals surface area contributed by atoms with E-state index in [-0.39, 0.29) is 0 Å². The molecule has 2 nitrogen and oxygen atoms in total. The first-order chi connectivity index (χ1) is 5.35. The second-order valence-electron chi connectivity index (χ2n) is 4.35. The molecule has 0 heterocycles. The lowest BCUT2D eigenvalue weighted by atomic mass is 9.75. The number of rotatable bonds is 1. The standard InChI is InChI=1S/C10H18O2/c1-8-4-6-10(12,7-5-8)9(2,3)11/h4,11-12H,5-7H2,1-3H3/t10-/m1/s1. The van der Waals surface area contributed by atoms with Crippen LogP contribution in [0, 0.1) is 0 Å². The maximum absolute atomic E-state index is 10.0. The van der Waals surface area contributed by atoms with Crippen molar-refractivity contribution in [3.8, 4) is 0 Å². The fourth-order valence-corrected chi connectivity index (χ4v) is 1.51. The molecule has 0 aromatic rings. The van der Waals surface area contributed by atoms with E-state index in [0.717, 1.165) is 6.42 Å². The molecule has 0 aromatic heterocycles. The molecule has 0 amide bonds. The Labute approximate surface area is 73.9 Å². The maximum Gasteiger partial charge on any atom is 0.0965 e. The lowest BCUT2D eigenvalue weighted by Crippen LogP contribution is -2.50. The molecule has 2 heteroatoms. The minimum Gasteiger partial charge on any atom is -0.387 e. The van der Waals surface area contributed by atoms with Crippen molar-refractivity contribution in [2.24, 2.45) is 0 Å². The van der Waals surface area contributed by atoms with Gasteiger partial charge in [-0.05, 0) is 40.0 Å². The van der Waals surface area contributed by atoms with Crippen LogP contribution in [0.15, 0.2) is 11.6 Å². The summed E-state index contributed by atoms with van der Waals surface area (Å²) in [7, 11) is 0. The molecule has 0 spiro atoms. The molecular weight excluding hydrogens is 152 g/mol. The van der Waals surface area contributed by atoms with E-state index in [0.29, 0.717) is 12.8 Å². The zero-order valence-electron chi connectivity index (χ0n) is 8.09. The van der Waals surface area contributed by atoms with E-state index in [1.165, 1.54) is 5.57 Å². The van der Waals surface area contributed by atoms with Crippen LogP contribution in [0.1, 0.15) is 40.0 Å². The summed E-state index contributed by atoms with van der Waals surface area (Å²) >= 11 is 0. The minimum absolute atomic E-state index is 0.572. The molecule has 0 unspecified atom stereocenters. The minimum atomic E-state index is -0.996. The van der Waals surface area contributed by atoms with Gasteiger partial charge in [-0.3, -0.25) is 0 Å². The molecule has 12 heavy (non-hydrogen) atoms. The van der Waals surface area contributed by atoms with Crippen molar-refractivity contribution in [2.45, 2.75) is 51.2 Å². The first-order valence-electron chi connectivity index (χ1n) is 4.45. The highest BCUT2D eigenvalue weighted by atomic mass is 16.4. The first-order valence-corrected chi connectivity index (χ1v) is 4.45. The van der Waals surface area contributed by atoms with Crippen LogP contribution < -0.4 is 0 Å². The van der Waals surface area contributed by atoms with Crippen LogP contribution in [0.5, 0.6) is 0 Å². The molecular formula is C10H18O2. The fourth-order valence-electron chi connectivity index (χ4n) is 1.51. The number of hydrogen-bond donors (Lipinski definition) is 2. The van der Waals surface area contributed by atoms with Crippen LogP contribution in [-0.4, -0.2) is 21.4 Å². The second kappa shape index (κ2) is 2.86. The van der Waals surface area contributed by atoms with Crippen molar-refractivity contribution in [1.29, 1.82) is 0 Å². The fraction of sp³-hybridized carbons (Fsp3) is 0.800. The van der Waals surface area contributed by atoms with Crippen molar-refractivity contribution in [1.82, 2.24) is 0 Å². The summed E-state index contributed by atoms with van der Waals surface area (Å²) in [5, 5.41) is 19.7. The molecule has 1 rings (SSSR count). The Bertz CT molecular complexity index is 200. The lowest BCUT2D eigenvalue weighted by molar-refractivity contribution is -0.135. The zero-order valence-corrected chi connectivity index (χ0v) is 8.09. The molecule has 1 aliphatic rings. The van der Waals surface area contributed by atoms with Crippen molar-refractivity contribution < 1.29 is 10.2 Å². The highest BCUT2D eigenvalue weighted by Crippen LogP contribution is 2.35. The van der Waals surface area contributed by atoms with Gasteiger partial charge >= 0.3 is 0 Å². The van der Waals surface area contributed by atoms with Gasteiger partial charge in [-0.2, -0.15) is 0 Å². The molecule has 0 aliphatic heterocycles. The number of allylic oxidation sites excluding steroid dienone is 1. The molecule has 2 N–H and O–H groups in total. The van der Waals surface area contributed by atoms with E-state index >= 15 is 0 Å². The van der Waals surface area contributed by atoms with E-state index in [9.17, 15) is 10.2 Å². The molecule has 0 saturated carbocycles. The van der Waals surface area contributed by atoms with Gasteiger partial charge in [0.15, 0.2) is 0 Å². The van der Waals surface area contributed by atoms with Crippen LogP contribution in [0.3, 0.4) is 0 Å². The Morgan fingerprint density at radius 2 is 2.08 bits per heavy atom. The van der Waals surface area contributed by atoms with Crippen molar-refractivity contribution >= 4 is 0 Å². The van der Waals surface area contributed by atoms with Crippen molar-refractivity contribution in [3.63, 3.8) is 0 Å². The number of hydrogen-bond acceptors (Lipinski definition) is 2. The van der Waals surface area contributed by atoms with Gasteiger partial charge in [0.05, 0.1) is 11.2 Å². The molecule has 0 fully saturated rings. The summed E-state index contributed by atoms with van der Waals surface area (Å²) in [6, 6.07) is 0. The predicted octanol–water partition coefficient (Wildman–Crippen LogP) is 1.62. The third-order valence-electron chi connectivity index (χ3n) is 2.86. The molecule has 70 valence electrons. The average Bonchev–Trinajstić information content (AvgIpc) is 1.93. The Morgan fingerprint density at radius 3 is 2.42 bits per heavy atom. The second-order valence-corrected chi connectivity index (χ2v) is 4.35. The summed E-state index contributed by atoms with van der Waals surface area (Å²) in [6.45, 7) is 5.40. The van der Waals surface area contributed by atoms with Crippen LogP contribution in [0.4, 0.5) is 0 Å². The summed E-state index contributed by atoms with van der Waals surface area (Å²) in [5.41, 5.74) is -0.611. The summed E-state index contributed by atoms with van der Waals surface area (Å²) in [6.07, 6.45) is 4.14. The molecule has 0 aromatic carbocycles. The lowest BCUT2D eigenvalue weighted by Gasteiger charge is -2.40. The Balaban J connectivity index is 2.77. The molecule has 0 radical (unpaired) electrons. The van der Waals surface area contributed by atoms with Gasteiger partial charge in [0, 0.05) is 0 Å². The largest absolute Gasteiger partial charge is 0.387 e. The van der Waals surface area contributed by atoms with Gasteiger partial charge in [-0.25, -0.2) is 0 Å². The normalized spacial score (nSPS) is 31.6. The van der Waals surface area contributed by atoms with Gasteiger partial charge in [0.25, 0.3) is 0 Å². The summed E-state index contributed by atoms with van der Waals surface area (Å²) in [5.74, 6) is 0. The van der Waals surface area contributed by atoms with Crippen LogP contribution >= 0.6 is 0 Å². The maximum atomic E-state index is 10.0. The van der Waals surface area contributed by atoms with Gasteiger partial charge in [0.1, 0.15) is 0 Å². The molecule has 0 saturated heterocycles. The molecule has 1 aliphatic carbocycles. The van der Waals surface area contributed by atoms with Gasteiger partial charge in [-0.15, -0.1) is 0 Å². The summed E-state index contributed by atoms with van der Waals surface area (Å²) < 4.78 is 0. The zero-order chi connectivity index (χ0) is 9.41. The first kappa shape index (κ1) is 9.75. The quantitative estimate of drug-likeness (QED) is 0.587. The van der Waals surface area contributed by atoms with Crippen LogP contribution in [-0.2, 0) is 0 Å². The van der Waals surface area contributed by atoms with Gasteiger partial charge < -0.3 is 10.2 Å². The van der Waals surface area contributed by atoms with Crippen molar-refractivity contribution in [3.05, 3.63) is 11.6 Å². The third kappa shape index (κ3) is 1.70. The predicted molar refractivity (Wildman–Crippen MR) is 48.9 cm³/mol. The average molecular weight is 170 g/mol. The van der Waals surface area contributed by atoms with E-state index in [1.54, 1.807) is 13.8 Å². The topological polar surface area (TPSA) is 40.5 Å². The third-order valence-corrected chi connectivity index (χ3v) is 2.86. The SMILES string of the molecule is CC1=CC[C@](O)(C(C)(C)O)CC1. The molecule has 1 atom stereocenters. The Kier molecular flexibility index (Phi) is 2.32. The van der Waals surface area contributed by atoms with Crippen LogP contribution in [0.25, 0.3) is 0 Å². The number of aliphatic hydroxyl groups is 2. The monoisotopic (exact) mass is 170 g/mol. The highest BCUT2D eigenvalue weighted by molar-refractivity contribution is 5.11. The Morgan fingerprint density at radius 1 is 1.50 bits per heavy atom. The van der Waals surface area contributed by atoms with Gasteiger partial charge in [-0.1, -0.05) is 11.6 Å². The Hall–Kier alpha value is -0.340. The van der Waals surface area contributed by atoms with Crippen molar-refractivity contribution in [2.75, 3.05) is 0 Å². The molecule has 0 bridgehead atoms. The van der Waals surface area contributed by atoms with E-state index < -0.39 is 11.2 Å². The van der Waals surface area contributed by atoms with E-state index in [1.807, 2.05) is 6.08 Å². The highest BCUT2D eigenvalue weighted by Gasteiger charge is 2.41. The smallest absolute Gasteiger partial charge is 0.0965 e. The van der Waals surface area contributed by atoms with Gasteiger partial charge in [0.2, 0.25) is 0 Å².